The molecule has 2 aromatic rings. The molecule has 80 valence electrons. The van der Waals surface area contributed by atoms with Crippen LogP contribution in [-0.4, -0.2) is 27.7 Å². The van der Waals surface area contributed by atoms with Crippen molar-refractivity contribution in [2.75, 3.05) is 6.67 Å². The number of aromatic nitrogens is 2. The van der Waals surface area contributed by atoms with Crippen molar-refractivity contribution in [3.8, 4) is 0 Å². The molecule has 2 rings (SSSR count). The van der Waals surface area contributed by atoms with E-state index in [2.05, 4.69) is 21.0 Å². The molecule has 0 aliphatic carbocycles. The Hall–Kier alpha value is -0.940. The third-order valence-corrected chi connectivity index (χ3v) is 2.66. The maximum Gasteiger partial charge on any atom is 0.117 e. The van der Waals surface area contributed by atoms with E-state index in [1.165, 1.54) is 0 Å². The van der Waals surface area contributed by atoms with E-state index in [1.807, 2.05) is 18.2 Å². The first-order valence-corrected chi connectivity index (χ1v) is 5.35. The second kappa shape index (κ2) is 4.28. The molecule has 0 bridgehead atoms. The molecule has 1 atom stereocenters. The number of aliphatic hydroxyl groups is 1. The van der Waals surface area contributed by atoms with Gasteiger partial charge in [-0.05, 0) is 12.1 Å². The van der Waals surface area contributed by atoms with Crippen LogP contribution in [0.25, 0.3) is 10.9 Å². The number of alkyl halides is 1. The molecule has 3 nitrogen and oxygen atoms in total. The quantitative estimate of drug-likeness (QED) is 0.930. The lowest BCUT2D eigenvalue weighted by atomic mass is 10.2. The van der Waals surface area contributed by atoms with Gasteiger partial charge in [-0.25, -0.2) is 4.39 Å². The molecule has 15 heavy (non-hydrogen) atoms. The molecular weight excluding hydrogens is 263 g/mol. The zero-order chi connectivity index (χ0) is 10.8. The molecule has 1 N–H and O–H groups in total. The average Bonchev–Trinajstić information content (AvgIpc) is 2.61. The fourth-order valence-electron chi connectivity index (χ4n) is 1.44. The second-order valence-electron chi connectivity index (χ2n) is 3.34. The Morgan fingerprint density at radius 1 is 1.53 bits per heavy atom. The zero-order valence-corrected chi connectivity index (χ0v) is 9.48. The number of hydrogen-bond donors (Lipinski definition) is 1. The minimum Gasteiger partial charge on any atom is -0.388 e. The van der Waals surface area contributed by atoms with E-state index in [0.29, 0.717) is 0 Å². The fraction of sp³-hybridized carbons (Fsp3) is 0.300. The summed E-state index contributed by atoms with van der Waals surface area (Å²) < 4.78 is 14.7. The summed E-state index contributed by atoms with van der Waals surface area (Å²) in [6, 6.07) is 5.73. The highest BCUT2D eigenvalue weighted by Gasteiger charge is 2.08. The van der Waals surface area contributed by atoms with Crippen LogP contribution in [0.3, 0.4) is 0 Å². The van der Waals surface area contributed by atoms with Crippen LogP contribution in [0, 0.1) is 0 Å². The Labute approximate surface area is 94.6 Å². The van der Waals surface area contributed by atoms with Crippen LogP contribution in [0.2, 0.25) is 0 Å². The predicted octanol–water partition coefficient (Wildman–Crippen LogP) is 2.13. The highest BCUT2D eigenvalue weighted by atomic mass is 79.9. The van der Waals surface area contributed by atoms with Gasteiger partial charge in [0.1, 0.15) is 12.8 Å². The standard InChI is InChI=1S/C10H10BrFN2O/c11-8-2-1-7-5-13-14(10(7)3-8)6-9(15)4-12/h1-3,5,9,15H,4,6H2. The Kier molecular flexibility index (Phi) is 3.02. The van der Waals surface area contributed by atoms with Crippen LogP contribution >= 0.6 is 15.9 Å². The van der Waals surface area contributed by atoms with Crippen LogP contribution in [0.4, 0.5) is 4.39 Å². The van der Waals surface area contributed by atoms with Crippen molar-refractivity contribution in [2.45, 2.75) is 12.6 Å². The van der Waals surface area contributed by atoms with E-state index < -0.39 is 12.8 Å². The summed E-state index contributed by atoms with van der Waals surface area (Å²) in [5, 5.41) is 14.3. The van der Waals surface area contributed by atoms with Crippen LogP contribution in [0.5, 0.6) is 0 Å². The van der Waals surface area contributed by atoms with Gasteiger partial charge in [-0.1, -0.05) is 22.0 Å². The fourth-order valence-corrected chi connectivity index (χ4v) is 1.79. The normalized spacial score (nSPS) is 13.3. The maximum absolute atomic E-state index is 12.2. The van der Waals surface area contributed by atoms with Gasteiger partial charge in [0.2, 0.25) is 0 Å². The number of rotatable bonds is 3. The molecule has 0 aliphatic rings. The largest absolute Gasteiger partial charge is 0.388 e. The Morgan fingerprint density at radius 3 is 3.07 bits per heavy atom. The Balaban J connectivity index is 2.39. The van der Waals surface area contributed by atoms with Crippen LogP contribution < -0.4 is 0 Å². The number of halogens is 2. The van der Waals surface area contributed by atoms with Crippen molar-refractivity contribution in [1.82, 2.24) is 9.78 Å². The van der Waals surface area contributed by atoms with E-state index >= 15 is 0 Å². The zero-order valence-electron chi connectivity index (χ0n) is 7.90. The van der Waals surface area contributed by atoms with E-state index in [1.54, 1.807) is 10.9 Å². The van der Waals surface area contributed by atoms with Gasteiger partial charge in [0.05, 0.1) is 18.3 Å². The van der Waals surface area contributed by atoms with Gasteiger partial charge in [-0.3, -0.25) is 4.68 Å². The van der Waals surface area contributed by atoms with Crippen molar-refractivity contribution >= 4 is 26.8 Å². The number of nitrogens with zero attached hydrogens (tertiary/aromatic N) is 2. The molecule has 0 saturated heterocycles. The third kappa shape index (κ3) is 2.18. The van der Waals surface area contributed by atoms with Gasteiger partial charge in [-0.2, -0.15) is 5.10 Å². The van der Waals surface area contributed by atoms with Crippen LogP contribution in [-0.2, 0) is 6.54 Å². The molecular formula is C10H10BrFN2O. The van der Waals surface area contributed by atoms with Crippen molar-refractivity contribution in [2.24, 2.45) is 0 Å². The van der Waals surface area contributed by atoms with E-state index in [-0.39, 0.29) is 6.54 Å². The van der Waals surface area contributed by atoms with Gasteiger partial charge in [0.25, 0.3) is 0 Å². The number of fused-ring (bicyclic) bond motifs is 1. The molecule has 5 heteroatoms. The summed E-state index contributed by atoms with van der Waals surface area (Å²) in [4.78, 5) is 0. The first-order chi connectivity index (χ1) is 7.20. The molecule has 0 aliphatic heterocycles. The Bertz CT molecular complexity index is 471. The van der Waals surface area contributed by atoms with Crippen LogP contribution in [0.1, 0.15) is 0 Å². The molecule has 1 aromatic carbocycles. The highest BCUT2D eigenvalue weighted by Crippen LogP contribution is 2.19. The Morgan fingerprint density at radius 2 is 2.33 bits per heavy atom. The second-order valence-corrected chi connectivity index (χ2v) is 4.25. The van der Waals surface area contributed by atoms with Gasteiger partial charge >= 0.3 is 0 Å². The highest BCUT2D eigenvalue weighted by molar-refractivity contribution is 9.10. The summed E-state index contributed by atoms with van der Waals surface area (Å²) >= 11 is 3.36. The van der Waals surface area contributed by atoms with Crippen molar-refractivity contribution < 1.29 is 9.50 Å². The smallest absolute Gasteiger partial charge is 0.117 e. The molecule has 0 amide bonds. The summed E-state index contributed by atoms with van der Waals surface area (Å²) in [7, 11) is 0. The lowest BCUT2D eigenvalue weighted by Gasteiger charge is -2.07. The number of aliphatic hydroxyl groups excluding tert-OH is 1. The summed E-state index contributed by atoms with van der Waals surface area (Å²) in [5.41, 5.74) is 0.886. The monoisotopic (exact) mass is 272 g/mol. The van der Waals surface area contributed by atoms with Gasteiger partial charge in [-0.15, -0.1) is 0 Å². The predicted molar refractivity (Wildman–Crippen MR) is 59.4 cm³/mol. The summed E-state index contributed by atoms with van der Waals surface area (Å²) in [5.74, 6) is 0. The summed E-state index contributed by atoms with van der Waals surface area (Å²) in [6.45, 7) is -0.578. The van der Waals surface area contributed by atoms with Crippen molar-refractivity contribution in [1.29, 1.82) is 0 Å². The van der Waals surface area contributed by atoms with Crippen molar-refractivity contribution in [3.05, 3.63) is 28.9 Å². The molecule has 1 unspecified atom stereocenters. The molecule has 1 aromatic heterocycles. The lowest BCUT2D eigenvalue weighted by Crippen LogP contribution is -2.18. The average molecular weight is 273 g/mol. The number of benzene rings is 1. The molecule has 0 fully saturated rings. The minimum absolute atomic E-state index is 0.177. The summed E-state index contributed by atoms with van der Waals surface area (Å²) in [6.07, 6.45) is 0.708. The van der Waals surface area contributed by atoms with Gasteiger partial charge < -0.3 is 5.11 Å². The molecule has 0 radical (unpaired) electrons. The molecule has 0 saturated carbocycles. The molecule has 1 heterocycles. The number of hydrogen-bond acceptors (Lipinski definition) is 2. The van der Waals surface area contributed by atoms with E-state index in [0.717, 1.165) is 15.4 Å². The minimum atomic E-state index is -0.993. The topological polar surface area (TPSA) is 38.0 Å². The lowest BCUT2D eigenvalue weighted by molar-refractivity contribution is 0.119. The van der Waals surface area contributed by atoms with E-state index in [4.69, 9.17) is 0 Å². The van der Waals surface area contributed by atoms with Gasteiger partial charge in [0.15, 0.2) is 0 Å². The van der Waals surface area contributed by atoms with Crippen LogP contribution in [0.15, 0.2) is 28.9 Å². The molecule has 0 spiro atoms. The third-order valence-electron chi connectivity index (χ3n) is 2.17. The maximum atomic E-state index is 12.2. The first-order valence-electron chi connectivity index (χ1n) is 4.56. The SMILES string of the molecule is OC(CF)Cn1ncc2ccc(Br)cc21. The van der Waals surface area contributed by atoms with Crippen molar-refractivity contribution in [3.63, 3.8) is 0 Å². The van der Waals surface area contributed by atoms with Gasteiger partial charge in [0, 0.05) is 9.86 Å². The van der Waals surface area contributed by atoms with E-state index in [9.17, 15) is 9.50 Å². The first kappa shape index (κ1) is 10.6.